The summed E-state index contributed by atoms with van der Waals surface area (Å²) in [7, 11) is 0. The second-order valence-electron chi connectivity index (χ2n) is 5.38. The molecule has 0 fully saturated rings. The van der Waals surface area contributed by atoms with E-state index in [-0.39, 0.29) is 27.0 Å². The van der Waals surface area contributed by atoms with Gasteiger partial charge in [-0.2, -0.15) is 26.3 Å². The average Bonchev–Trinajstić information content (AvgIpc) is 2.52. The molecular formula is C17H10BrClF7. The first kappa shape index (κ1) is 21.0. The summed E-state index contributed by atoms with van der Waals surface area (Å²) < 4.78 is 94.3. The van der Waals surface area contributed by atoms with Gasteiger partial charge in [-0.05, 0) is 34.0 Å². The Kier molecular flexibility index (Phi) is 5.69. The SMILES string of the molecule is CCc1[c]c(Br)c(-c2ccccc2Cl)c(C(F)(C(F)(F)F)C(F)(F)F)c1. The van der Waals surface area contributed by atoms with Crippen molar-refractivity contribution in [1.29, 1.82) is 0 Å². The van der Waals surface area contributed by atoms with E-state index >= 15 is 0 Å². The zero-order chi connectivity index (χ0) is 19.9. The molecule has 0 N–H and O–H groups in total. The van der Waals surface area contributed by atoms with E-state index in [1.54, 1.807) is 0 Å². The van der Waals surface area contributed by atoms with Gasteiger partial charge in [0.1, 0.15) is 0 Å². The van der Waals surface area contributed by atoms with Crippen LogP contribution in [0.15, 0.2) is 34.8 Å². The molecule has 0 aliphatic carbocycles. The van der Waals surface area contributed by atoms with Gasteiger partial charge in [-0.3, -0.25) is 0 Å². The number of hydrogen-bond donors (Lipinski definition) is 0. The van der Waals surface area contributed by atoms with Crippen LogP contribution in [0.4, 0.5) is 30.7 Å². The second-order valence-corrected chi connectivity index (χ2v) is 6.58. The molecule has 2 rings (SSSR count). The monoisotopic (exact) mass is 461 g/mol. The number of rotatable bonds is 3. The van der Waals surface area contributed by atoms with Gasteiger partial charge in [0.2, 0.25) is 0 Å². The van der Waals surface area contributed by atoms with E-state index in [0.29, 0.717) is 6.07 Å². The molecule has 0 saturated carbocycles. The Bertz CT molecular complexity index is 798. The van der Waals surface area contributed by atoms with Gasteiger partial charge in [-0.1, -0.05) is 42.8 Å². The van der Waals surface area contributed by atoms with Crippen molar-refractivity contribution in [3.63, 3.8) is 0 Å². The number of aryl methyl sites for hydroxylation is 1. The summed E-state index contributed by atoms with van der Waals surface area (Å²) in [6.45, 7) is 1.50. The van der Waals surface area contributed by atoms with E-state index in [2.05, 4.69) is 22.0 Å². The molecule has 0 amide bonds. The van der Waals surface area contributed by atoms with Crippen LogP contribution in [0, 0.1) is 6.07 Å². The standard InChI is InChI=1S/C17H10BrClF7/c1-2-9-7-11(15(20,16(21,22)23)17(24,25)26)14(12(18)8-9)10-5-3-4-6-13(10)19/h3-7H,2H2,1H3. The van der Waals surface area contributed by atoms with Crippen molar-refractivity contribution in [3.8, 4) is 11.1 Å². The fourth-order valence-corrected chi connectivity index (χ4v) is 3.37. The topological polar surface area (TPSA) is 0 Å². The third kappa shape index (κ3) is 3.45. The van der Waals surface area contributed by atoms with Crippen LogP contribution >= 0.6 is 27.5 Å². The zero-order valence-corrected chi connectivity index (χ0v) is 15.3. The molecule has 141 valence electrons. The molecule has 0 spiro atoms. The molecule has 26 heavy (non-hydrogen) atoms. The van der Waals surface area contributed by atoms with E-state index in [1.165, 1.54) is 31.2 Å². The van der Waals surface area contributed by atoms with E-state index in [4.69, 9.17) is 11.6 Å². The first-order valence-corrected chi connectivity index (χ1v) is 8.34. The fraction of sp³-hybridized carbons (Fsp3) is 0.294. The van der Waals surface area contributed by atoms with Crippen molar-refractivity contribution >= 4 is 27.5 Å². The molecule has 2 aromatic rings. The maximum atomic E-state index is 14.8. The quantitative estimate of drug-likeness (QED) is 0.416. The summed E-state index contributed by atoms with van der Waals surface area (Å²) in [6.07, 6.45) is -12.4. The Morgan fingerprint density at radius 1 is 1.00 bits per heavy atom. The Morgan fingerprint density at radius 2 is 1.54 bits per heavy atom. The van der Waals surface area contributed by atoms with E-state index in [9.17, 15) is 30.7 Å². The van der Waals surface area contributed by atoms with Gasteiger partial charge in [0, 0.05) is 32.3 Å². The predicted molar refractivity (Wildman–Crippen MR) is 87.7 cm³/mol. The van der Waals surface area contributed by atoms with Crippen molar-refractivity contribution in [2.45, 2.75) is 31.4 Å². The molecule has 0 atom stereocenters. The molecule has 0 aromatic heterocycles. The van der Waals surface area contributed by atoms with Crippen LogP contribution in [0.5, 0.6) is 0 Å². The van der Waals surface area contributed by atoms with Crippen LogP contribution in [0.2, 0.25) is 5.02 Å². The summed E-state index contributed by atoms with van der Waals surface area (Å²) in [5, 5.41) is -0.126. The molecule has 2 aromatic carbocycles. The number of alkyl halides is 7. The highest BCUT2D eigenvalue weighted by Gasteiger charge is 2.74. The highest BCUT2D eigenvalue weighted by Crippen LogP contribution is 2.56. The van der Waals surface area contributed by atoms with Crippen LogP contribution < -0.4 is 0 Å². The van der Waals surface area contributed by atoms with Crippen molar-refractivity contribution in [1.82, 2.24) is 0 Å². The smallest absolute Gasteiger partial charge is 0.218 e. The van der Waals surface area contributed by atoms with Gasteiger partial charge in [0.15, 0.2) is 0 Å². The van der Waals surface area contributed by atoms with Crippen molar-refractivity contribution in [2.75, 3.05) is 0 Å². The number of halogens is 9. The van der Waals surface area contributed by atoms with Crippen molar-refractivity contribution in [2.24, 2.45) is 0 Å². The first-order chi connectivity index (χ1) is 11.8. The van der Waals surface area contributed by atoms with Crippen LogP contribution in [0.1, 0.15) is 18.1 Å². The molecule has 0 nitrogen and oxygen atoms in total. The molecule has 0 saturated heterocycles. The minimum Gasteiger partial charge on any atom is -0.218 e. The van der Waals surface area contributed by atoms with Gasteiger partial charge in [0.25, 0.3) is 0 Å². The summed E-state index contributed by atoms with van der Waals surface area (Å²) >= 11 is 8.86. The van der Waals surface area contributed by atoms with Gasteiger partial charge >= 0.3 is 18.0 Å². The number of benzene rings is 2. The predicted octanol–water partition coefficient (Wildman–Crippen LogP) is 7.42. The molecule has 0 bridgehead atoms. The molecular weight excluding hydrogens is 453 g/mol. The second kappa shape index (κ2) is 7.03. The molecule has 0 unspecified atom stereocenters. The largest absolute Gasteiger partial charge is 0.435 e. The highest BCUT2D eigenvalue weighted by molar-refractivity contribution is 9.10. The lowest BCUT2D eigenvalue weighted by Crippen LogP contribution is -2.50. The van der Waals surface area contributed by atoms with Crippen LogP contribution in [-0.2, 0) is 12.1 Å². The van der Waals surface area contributed by atoms with E-state index < -0.39 is 29.1 Å². The Hall–Kier alpha value is -1.28. The first-order valence-electron chi connectivity index (χ1n) is 7.17. The lowest BCUT2D eigenvalue weighted by atomic mass is 9.85. The van der Waals surface area contributed by atoms with E-state index in [0.717, 1.165) is 0 Å². The summed E-state index contributed by atoms with van der Waals surface area (Å²) in [4.78, 5) is 0. The maximum Gasteiger partial charge on any atom is 0.435 e. The third-order valence-corrected chi connectivity index (χ3v) is 4.68. The van der Waals surface area contributed by atoms with Crippen molar-refractivity contribution in [3.05, 3.63) is 57.0 Å². The Morgan fingerprint density at radius 3 is 2.00 bits per heavy atom. The maximum absolute atomic E-state index is 14.8. The minimum atomic E-state index is -6.23. The fourth-order valence-electron chi connectivity index (χ4n) is 2.46. The number of hydrogen-bond acceptors (Lipinski definition) is 0. The average molecular weight is 463 g/mol. The molecule has 0 heterocycles. The Labute approximate surface area is 158 Å². The summed E-state index contributed by atoms with van der Waals surface area (Å²) in [5.41, 5.74) is -7.99. The molecule has 0 aliphatic heterocycles. The Balaban J connectivity index is 2.99. The molecule has 1 radical (unpaired) electrons. The lowest BCUT2D eigenvalue weighted by molar-refractivity contribution is -0.348. The summed E-state index contributed by atoms with van der Waals surface area (Å²) in [5.74, 6) is 0. The van der Waals surface area contributed by atoms with Gasteiger partial charge in [0.05, 0.1) is 0 Å². The molecule has 0 aliphatic rings. The van der Waals surface area contributed by atoms with Crippen LogP contribution in [-0.4, -0.2) is 12.4 Å². The normalized spacial score (nSPS) is 13.2. The summed E-state index contributed by atoms with van der Waals surface area (Å²) in [6, 6.07) is 8.45. The van der Waals surface area contributed by atoms with Gasteiger partial charge in [-0.15, -0.1) is 0 Å². The third-order valence-electron chi connectivity index (χ3n) is 3.75. The molecule has 9 heteroatoms. The van der Waals surface area contributed by atoms with E-state index in [1.807, 2.05) is 0 Å². The zero-order valence-electron chi connectivity index (χ0n) is 13.0. The minimum absolute atomic E-state index is 0.0156. The van der Waals surface area contributed by atoms with Crippen LogP contribution in [0.25, 0.3) is 11.1 Å². The van der Waals surface area contributed by atoms with Gasteiger partial charge < -0.3 is 0 Å². The lowest BCUT2D eigenvalue weighted by Gasteiger charge is -2.32. The van der Waals surface area contributed by atoms with Crippen molar-refractivity contribution < 1.29 is 30.7 Å². The van der Waals surface area contributed by atoms with Crippen LogP contribution in [0.3, 0.4) is 0 Å². The highest BCUT2D eigenvalue weighted by atomic mass is 79.9. The van der Waals surface area contributed by atoms with Gasteiger partial charge in [-0.25, -0.2) is 4.39 Å².